The molecule has 3 rings (SSSR count). The van der Waals surface area contributed by atoms with E-state index in [0.29, 0.717) is 0 Å². The topological polar surface area (TPSA) is 54.2 Å². The second kappa shape index (κ2) is 5.02. The molecule has 1 atom stereocenters. The van der Waals surface area contributed by atoms with Crippen LogP contribution in [0.15, 0.2) is 61.2 Å². The summed E-state index contributed by atoms with van der Waals surface area (Å²) in [6.07, 6.45) is 7.82. The number of nitrogens with one attached hydrogen (secondary N) is 1. The van der Waals surface area contributed by atoms with Crippen LogP contribution in [0.5, 0.6) is 0 Å². The Morgan fingerprint density at radius 1 is 1.21 bits per heavy atom. The summed E-state index contributed by atoms with van der Waals surface area (Å²) >= 11 is 0. The summed E-state index contributed by atoms with van der Waals surface area (Å²) in [7, 11) is 0. The zero-order chi connectivity index (χ0) is 13.1. The van der Waals surface area contributed by atoms with Gasteiger partial charge < -0.3 is 16.0 Å². The van der Waals surface area contributed by atoms with E-state index in [4.69, 9.17) is 5.73 Å². The lowest BCUT2D eigenvalue weighted by atomic mass is 10.1. The van der Waals surface area contributed by atoms with Crippen LogP contribution in [0.1, 0.15) is 17.3 Å². The average Bonchev–Trinajstić information content (AvgIpc) is 2.88. The van der Waals surface area contributed by atoms with Gasteiger partial charge in [0.15, 0.2) is 0 Å². The number of aromatic nitrogens is 1. The average molecular weight is 252 g/mol. The minimum Gasteiger partial charge on any atom is -0.399 e. The molecule has 4 heteroatoms. The second-order valence-corrected chi connectivity index (χ2v) is 4.58. The monoisotopic (exact) mass is 252 g/mol. The van der Waals surface area contributed by atoms with Gasteiger partial charge in [0, 0.05) is 37.0 Å². The lowest BCUT2D eigenvalue weighted by molar-refractivity contribution is 0.276. The summed E-state index contributed by atoms with van der Waals surface area (Å²) in [6, 6.07) is 12.0. The first-order valence-corrected chi connectivity index (χ1v) is 6.26. The van der Waals surface area contributed by atoms with Crippen LogP contribution in [0.3, 0.4) is 0 Å². The van der Waals surface area contributed by atoms with Gasteiger partial charge in [0.25, 0.3) is 0 Å². The van der Waals surface area contributed by atoms with Gasteiger partial charge in [-0.05, 0) is 35.4 Å². The number of pyridine rings is 1. The molecule has 1 aliphatic rings. The first kappa shape index (κ1) is 11.6. The van der Waals surface area contributed by atoms with Gasteiger partial charge in [-0.15, -0.1) is 0 Å². The van der Waals surface area contributed by atoms with E-state index in [1.54, 1.807) is 0 Å². The van der Waals surface area contributed by atoms with Gasteiger partial charge >= 0.3 is 0 Å². The van der Waals surface area contributed by atoms with Gasteiger partial charge in [-0.3, -0.25) is 4.98 Å². The summed E-state index contributed by atoms with van der Waals surface area (Å²) in [5, 5.41) is 3.34. The molecule has 19 heavy (non-hydrogen) atoms. The fourth-order valence-corrected chi connectivity index (χ4v) is 2.29. The molecule has 0 aliphatic carbocycles. The van der Waals surface area contributed by atoms with Gasteiger partial charge in [-0.1, -0.05) is 12.1 Å². The van der Waals surface area contributed by atoms with Crippen LogP contribution >= 0.6 is 0 Å². The Hall–Kier alpha value is -2.49. The molecular formula is C15H16N4. The molecule has 2 aromatic rings. The standard InChI is InChI=1S/C15H16N4/c16-14-3-1-2-12(10-14)11-19-9-8-18-15(19)13-4-6-17-7-5-13/h1-10,15,18H,11,16H2. The number of anilines is 1. The van der Waals surface area contributed by atoms with Gasteiger partial charge in [0.1, 0.15) is 6.17 Å². The van der Waals surface area contributed by atoms with E-state index in [1.165, 1.54) is 11.1 Å². The summed E-state index contributed by atoms with van der Waals surface area (Å²) in [6.45, 7) is 0.821. The van der Waals surface area contributed by atoms with Crippen LogP contribution in [0.2, 0.25) is 0 Å². The number of rotatable bonds is 3. The van der Waals surface area contributed by atoms with E-state index < -0.39 is 0 Å². The predicted molar refractivity (Wildman–Crippen MR) is 75.7 cm³/mol. The van der Waals surface area contributed by atoms with Gasteiger partial charge in [-0.2, -0.15) is 0 Å². The third kappa shape index (κ3) is 2.52. The SMILES string of the molecule is Nc1cccc(CN2C=CNC2c2ccncc2)c1. The normalized spacial score (nSPS) is 17.5. The molecule has 1 aliphatic heterocycles. The molecule has 4 nitrogen and oxygen atoms in total. The van der Waals surface area contributed by atoms with Crippen molar-refractivity contribution in [1.82, 2.24) is 15.2 Å². The zero-order valence-electron chi connectivity index (χ0n) is 10.5. The van der Waals surface area contributed by atoms with Crippen LogP contribution in [0, 0.1) is 0 Å². The largest absolute Gasteiger partial charge is 0.399 e. The Labute approximate surface area is 112 Å². The molecule has 3 N–H and O–H groups in total. The first-order valence-electron chi connectivity index (χ1n) is 6.26. The number of nitrogens with zero attached hydrogens (tertiary/aromatic N) is 2. The molecule has 0 saturated carbocycles. The number of hydrogen-bond acceptors (Lipinski definition) is 4. The molecule has 2 heterocycles. The number of nitrogen functional groups attached to an aromatic ring is 1. The molecule has 0 amide bonds. The lowest BCUT2D eigenvalue weighted by Crippen LogP contribution is -2.26. The minimum atomic E-state index is 0.157. The van der Waals surface area contributed by atoms with Crippen molar-refractivity contribution >= 4 is 5.69 Å². The Morgan fingerprint density at radius 3 is 2.84 bits per heavy atom. The van der Waals surface area contributed by atoms with Gasteiger partial charge in [-0.25, -0.2) is 0 Å². The highest BCUT2D eigenvalue weighted by Crippen LogP contribution is 2.24. The van der Waals surface area contributed by atoms with Crippen molar-refractivity contribution in [3.63, 3.8) is 0 Å². The lowest BCUT2D eigenvalue weighted by Gasteiger charge is -2.26. The van der Waals surface area contributed by atoms with Crippen molar-refractivity contribution in [2.75, 3.05) is 5.73 Å². The molecule has 96 valence electrons. The van der Waals surface area contributed by atoms with Crippen LogP contribution < -0.4 is 11.1 Å². The molecule has 1 unspecified atom stereocenters. The third-order valence-electron chi connectivity index (χ3n) is 3.19. The van der Waals surface area contributed by atoms with Crippen molar-refractivity contribution in [2.24, 2.45) is 0 Å². The highest BCUT2D eigenvalue weighted by atomic mass is 15.3. The van der Waals surface area contributed by atoms with Crippen molar-refractivity contribution in [3.8, 4) is 0 Å². The third-order valence-corrected chi connectivity index (χ3v) is 3.19. The van der Waals surface area contributed by atoms with Crippen molar-refractivity contribution in [2.45, 2.75) is 12.7 Å². The van der Waals surface area contributed by atoms with Crippen LogP contribution in [-0.4, -0.2) is 9.88 Å². The molecule has 0 fully saturated rings. The van der Waals surface area contributed by atoms with E-state index in [0.717, 1.165) is 12.2 Å². The second-order valence-electron chi connectivity index (χ2n) is 4.58. The maximum Gasteiger partial charge on any atom is 0.125 e. The van der Waals surface area contributed by atoms with Crippen LogP contribution in [0.25, 0.3) is 0 Å². The zero-order valence-corrected chi connectivity index (χ0v) is 10.5. The smallest absolute Gasteiger partial charge is 0.125 e. The Morgan fingerprint density at radius 2 is 2.05 bits per heavy atom. The molecule has 0 bridgehead atoms. The molecule has 0 saturated heterocycles. The fraction of sp³-hybridized carbons (Fsp3) is 0.133. The van der Waals surface area contributed by atoms with E-state index >= 15 is 0 Å². The summed E-state index contributed by atoms with van der Waals surface area (Å²) in [4.78, 5) is 6.29. The summed E-state index contributed by atoms with van der Waals surface area (Å²) in [5.74, 6) is 0. The first-order chi connectivity index (χ1) is 9.33. The van der Waals surface area contributed by atoms with Crippen molar-refractivity contribution < 1.29 is 0 Å². The highest BCUT2D eigenvalue weighted by Gasteiger charge is 2.20. The Kier molecular flexibility index (Phi) is 3.06. The predicted octanol–water partition coefficient (Wildman–Crippen LogP) is 2.24. The molecular weight excluding hydrogens is 236 g/mol. The highest BCUT2D eigenvalue weighted by molar-refractivity contribution is 5.40. The van der Waals surface area contributed by atoms with Crippen LogP contribution in [0.4, 0.5) is 5.69 Å². The molecule has 1 aromatic heterocycles. The van der Waals surface area contributed by atoms with Crippen LogP contribution in [-0.2, 0) is 6.54 Å². The molecule has 0 spiro atoms. The van der Waals surface area contributed by atoms with Crippen molar-refractivity contribution in [1.29, 1.82) is 0 Å². The van der Waals surface area contributed by atoms with E-state index in [-0.39, 0.29) is 6.17 Å². The van der Waals surface area contributed by atoms with Gasteiger partial charge in [0.05, 0.1) is 0 Å². The summed E-state index contributed by atoms with van der Waals surface area (Å²) in [5.41, 5.74) is 9.02. The van der Waals surface area contributed by atoms with Gasteiger partial charge in [0.2, 0.25) is 0 Å². The van der Waals surface area contributed by atoms with E-state index in [2.05, 4.69) is 27.5 Å². The molecule has 1 aromatic carbocycles. The van der Waals surface area contributed by atoms with E-state index in [9.17, 15) is 0 Å². The van der Waals surface area contributed by atoms with Crippen molar-refractivity contribution in [3.05, 3.63) is 72.3 Å². The summed E-state index contributed by atoms with van der Waals surface area (Å²) < 4.78 is 0. The fourth-order valence-electron chi connectivity index (χ4n) is 2.29. The Bertz CT molecular complexity index is 580. The number of benzene rings is 1. The maximum absolute atomic E-state index is 5.82. The quantitative estimate of drug-likeness (QED) is 0.823. The minimum absolute atomic E-state index is 0.157. The number of hydrogen-bond donors (Lipinski definition) is 2. The maximum atomic E-state index is 5.82. The number of nitrogens with two attached hydrogens (primary N) is 1. The Balaban J connectivity index is 1.78. The van der Waals surface area contributed by atoms with E-state index in [1.807, 2.05) is 48.9 Å². The molecule has 0 radical (unpaired) electrons.